The Morgan fingerprint density at radius 1 is 1.23 bits per heavy atom. The molecule has 2 aromatic rings. The molecule has 0 bridgehead atoms. The number of aromatic nitrogens is 2. The molecule has 2 saturated heterocycles. The average molecular weight is 450 g/mol. The maximum absolute atomic E-state index is 12.0. The van der Waals surface area contributed by atoms with Crippen molar-refractivity contribution in [1.82, 2.24) is 15.5 Å². The van der Waals surface area contributed by atoms with E-state index in [0.717, 1.165) is 60.8 Å². The standard InChI is InChI=1S/C20H27N5O3S2/c1-27-16-6-4-15(5-7-16)24-8-10-25(11-9-24)19-22-23-20(30-19)29-14-18(26)21-13-17-3-2-12-28-17/h4-7,17H,2-3,8-14H2,1H3,(H,21,26)/t17-/m0/s1. The fourth-order valence-corrected chi connectivity index (χ4v) is 5.27. The lowest BCUT2D eigenvalue weighted by atomic mass is 10.2. The number of ether oxygens (including phenoxy) is 2. The quantitative estimate of drug-likeness (QED) is 0.615. The first-order valence-corrected chi connectivity index (χ1v) is 12.0. The van der Waals surface area contributed by atoms with Crippen LogP contribution in [-0.2, 0) is 9.53 Å². The van der Waals surface area contributed by atoms with E-state index >= 15 is 0 Å². The Bertz CT molecular complexity index is 818. The van der Waals surface area contributed by atoms with Gasteiger partial charge >= 0.3 is 0 Å². The fraction of sp³-hybridized carbons (Fsp3) is 0.550. The third-order valence-electron chi connectivity index (χ3n) is 5.26. The highest BCUT2D eigenvalue weighted by atomic mass is 32.2. The summed E-state index contributed by atoms with van der Waals surface area (Å²) in [5, 5.41) is 12.5. The van der Waals surface area contributed by atoms with Crippen molar-refractivity contribution < 1.29 is 14.3 Å². The third-order valence-corrected chi connectivity index (χ3v) is 7.38. The molecular formula is C20H27N5O3S2. The summed E-state index contributed by atoms with van der Waals surface area (Å²) in [6.07, 6.45) is 2.28. The van der Waals surface area contributed by atoms with Gasteiger partial charge in [0, 0.05) is 45.0 Å². The number of anilines is 2. The third kappa shape index (κ3) is 5.55. The first-order chi connectivity index (χ1) is 14.7. The second-order valence-electron chi connectivity index (χ2n) is 7.25. The molecule has 162 valence electrons. The zero-order valence-electron chi connectivity index (χ0n) is 17.1. The fourth-order valence-electron chi connectivity index (χ4n) is 3.55. The van der Waals surface area contributed by atoms with Crippen LogP contribution in [0.4, 0.5) is 10.8 Å². The van der Waals surface area contributed by atoms with Crippen LogP contribution in [0.25, 0.3) is 0 Å². The lowest BCUT2D eigenvalue weighted by molar-refractivity contribution is -0.119. The van der Waals surface area contributed by atoms with Gasteiger partial charge in [-0.3, -0.25) is 4.79 Å². The molecule has 1 amide bonds. The molecular weight excluding hydrogens is 422 g/mol. The van der Waals surface area contributed by atoms with Gasteiger partial charge in [0.05, 0.1) is 19.0 Å². The van der Waals surface area contributed by atoms with Gasteiger partial charge in [0.25, 0.3) is 0 Å². The molecule has 1 atom stereocenters. The number of piperazine rings is 1. The normalized spacial score (nSPS) is 19.2. The predicted octanol–water partition coefficient (Wildman–Crippen LogP) is 2.26. The Kier molecular flexibility index (Phi) is 7.29. The first-order valence-electron chi connectivity index (χ1n) is 10.2. The van der Waals surface area contributed by atoms with Gasteiger partial charge in [0.2, 0.25) is 11.0 Å². The number of methoxy groups -OCH3 is 1. The zero-order chi connectivity index (χ0) is 20.8. The van der Waals surface area contributed by atoms with Gasteiger partial charge in [-0.1, -0.05) is 23.1 Å². The van der Waals surface area contributed by atoms with Gasteiger partial charge in [-0.25, -0.2) is 0 Å². The number of hydrogen-bond acceptors (Lipinski definition) is 9. The number of rotatable bonds is 8. The minimum absolute atomic E-state index is 0.0142. The molecule has 10 heteroatoms. The number of hydrogen-bond donors (Lipinski definition) is 1. The molecule has 0 radical (unpaired) electrons. The number of nitrogens with zero attached hydrogens (tertiary/aromatic N) is 4. The molecule has 0 spiro atoms. The van der Waals surface area contributed by atoms with Crippen LogP contribution in [0.5, 0.6) is 5.75 Å². The number of nitrogens with one attached hydrogen (secondary N) is 1. The Labute approximate surface area is 184 Å². The van der Waals surface area contributed by atoms with Crippen LogP contribution in [0.2, 0.25) is 0 Å². The molecule has 1 aromatic heterocycles. The largest absolute Gasteiger partial charge is 0.497 e. The van der Waals surface area contributed by atoms with Crippen molar-refractivity contribution in [2.75, 3.05) is 62.0 Å². The summed E-state index contributed by atoms with van der Waals surface area (Å²) in [4.78, 5) is 16.7. The summed E-state index contributed by atoms with van der Waals surface area (Å²) in [6, 6.07) is 8.18. The average Bonchev–Trinajstić information content (AvgIpc) is 3.49. The minimum Gasteiger partial charge on any atom is -0.497 e. The smallest absolute Gasteiger partial charge is 0.230 e. The maximum atomic E-state index is 12.0. The first kappa shape index (κ1) is 21.2. The van der Waals surface area contributed by atoms with E-state index in [0.29, 0.717) is 12.3 Å². The second-order valence-corrected chi connectivity index (χ2v) is 9.43. The van der Waals surface area contributed by atoms with E-state index in [1.165, 1.54) is 17.4 Å². The predicted molar refractivity (Wildman–Crippen MR) is 120 cm³/mol. The van der Waals surface area contributed by atoms with Crippen LogP contribution >= 0.6 is 23.1 Å². The monoisotopic (exact) mass is 449 g/mol. The molecule has 1 N–H and O–H groups in total. The highest BCUT2D eigenvalue weighted by Gasteiger charge is 2.21. The molecule has 0 unspecified atom stereocenters. The van der Waals surface area contributed by atoms with E-state index in [2.05, 4.69) is 37.4 Å². The summed E-state index contributed by atoms with van der Waals surface area (Å²) >= 11 is 2.99. The summed E-state index contributed by atoms with van der Waals surface area (Å²) in [6.45, 7) is 5.05. The van der Waals surface area contributed by atoms with Crippen molar-refractivity contribution in [3.63, 3.8) is 0 Å². The molecule has 8 nitrogen and oxygen atoms in total. The molecule has 1 aromatic carbocycles. The summed E-state index contributed by atoms with van der Waals surface area (Å²) in [5.74, 6) is 1.24. The zero-order valence-corrected chi connectivity index (χ0v) is 18.7. The van der Waals surface area contributed by atoms with Crippen molar-refractivity contribution in [2.24, 2.45) is 0 Å². The Morgan fingerprint density at radius 2 is 2.00 bits per heavy atom. The van der Waals surface area contributed by atoms with Crippen LogP contribution < -0.4 is 19.9 Å². The SMILES string of the molecule is COc1ccc(N2CCN(c3nnc(SCC(=O)NC[C@@H]4CCCO4)s3)CC2)cc1. The molecule has 3 heterocycles. The molecule has 0 saturated carbocycles. The van der Waals surface area contributed by atoms with Crippen molar-refractivity contribution in [3.05, 3.63) is 24.3 Å². The summed E-state index contributed by atoms with van der Waals surface area (Å²) in [7, 11) is 1.68. The van der Waals surface area contributed by atoms with Crippen molar-refractivity contribution in [1.29, 1.82) is 0 Å². The van der Waals surface area contributed by atoms with Crippen LogP contribution in [-0.4, -0.2) is 74.4 Å². The number of benzene rings is 1. The van der Waals surface area contributed by atoms with Crippen LogP contribution in [0.3, 0.4) is 0 Å². The lowest BCUT2D eigenvalue weighted by Gasteiger charge is -2.35. The van der Waals surface area contributed by atoms with E-state index in [1.54, 1.807) is 18.4 Å². The van der Waals surface area contributed by atoms with E-state index < -0.39 is 0 Å². The van der Waals surface area contributed by atoms with E-state index in [1.807, 2.05) is 12.1 Å². The summed E-state index contributed by atoms with van der Waals surface area (Å²) < 4.78 is 11.6. The van der Waals surface area contributed by atoms with Gasteiger partial charge < -0.3 is 24.6 Å². The van der Waals surface area contributed by atoms with Gasteiger partial charge in [0.1, 0.15) is 5.75 Å². The van der Waals surface area contributed by atoms with Gasteiger partial charge in [-0.15, -0.1) is 10.2 Å². The van der Waals surface area contributed by atoms with Crippen molar-refractivity contribution in [3.8, 4) is 5.75 Å². The van der Waals surface area contributed by atoms with Crippen molar-refractivity contribution >= 4 is 39.8 Å². The Balaban J connectivity index is 1.21. The van der Waals surface area contributed by atoms with Crippen LogP contribution in [0.15, 0.2) is 28.6 Å². The molecule has 4 rings (SSSR count). The number of thioether (sulfide) groups is 1. The molecule has 0 aliphatic carbocycles. The molecule has 2 aliphatic rings. The van der Waals surface area contributed by atoms with Crippen LogP contribution in [0.1, 0.15) is 12.8 Å². The maximum Gasteiger partial charge on any atom is 0.230 e. The highest BCUT2D eigenvalue weighted by Crippen LogP contribution is 2.29. The number of amides is 1. The Morgan fingerprint density at radius 3 is 2.70 bits per heavy atom. The van der Waals surface area contributed by atoms with Gasteiger partial charge in [0.15, 0.2) is 4.34 Å². The molecule has 30 heavy (non-hydrogen) atoms. The topological polar surface area (TPSA) is 79.8 Å². The summed E-state index contributed by atoms with van der Waals surface area (Å²) in [5.41, 5.74) is 1.21. The van der Waals surface area contributed by atoms with E-state index in [-0.39, 0.29) is 12.0 Å². The highest BCUT2D eigenvalue weighted by molar-refractivity contribution is 8.01. The van der Waals surface area contributed by atoms with Crippen LogP contribution in [0, 0.1) is 0 Å². The second kappa shape index (κ2) is 10.3. The number of carbonyl (C=O) groups excluding carboxylic acids is 1. The Hall–Kier alpha value is -2.04. The van der Waals surface area contributed by atoms with E-state index in [4.69, 9.17) is 9.47 Å². The van der Waals surface area contributed by atoms with Gasteiger partial charge in [-0.05, 0) is 37.1 Å². The lowest BCUT2D eigenvalue weighted by Crippen LogP contribution is -2.46. The molecule has 2 aliphatic heterocycles. The van der Waals surface area contributed by atoms with Gasteiger partial charge in [-0.2, -0.15) is 0 Å². The number of carbonyl (C=O) groups is 1. The minimum atomic E-state index is 0.0142. The van der Waals surface area contributed by atoms with E-state index in [9.17, 15) is 4.79 Å². The van der Waals surface area contributed by atoms with Crippen molar-refractivity contribution in [2.45, 2.75) is 23.3 Å². The molecule has 2 fully saturated rings.